The first-order valence-corrected chi connectivity index (χ1v) is 13.7. The lowest BCUT2D eigenvalue weighted by atomic mass is 9.97. The van der Waals surface area contributed by atoms with Crippen LogP contribution in [0.25, 0.3) is 0 Å². The molecule has 10 heteroatoms. The van der Waals surface area contributed by atoms with Crippen molar-refractivity contribution in [2.24, 2.45) is 0 Å². The molecule has 2 aromatic rings. The SMILES string of the molecule is C.COC(=O)CNC[C@H](Cc1ccc(Cl)cc1)NC(=O)OC(C)(C)C.O=C1CCC[C@H](Cc2ccc(Cl)cc2)N1. The van der Waals surface area contributed by atoms with E-state index in [-0.39, 0.29) is 31.9 Å². The maximum absolute atomic E-state index is 12.0. The second kappa shape index (κ2) is 17.8. The highest BCUT2D eigenvalue weighted by Crippen LogP contribution is 2.16. The lowest BCUT2D eigenvalue weighted by Gasteiger charge is -2.24. The van der Waals surface area contributed by atoms with Gasteiger partial charge in [0.2, 0.25) is 5.91 Å². The largest absolute Gasteiger partial charge is 0.468 e. The van der Waals surface area contributed by atoms with Crippen molar-refractivity contribution < 1.29 is 23.9 Å². The summed E-state index contributed by atoms with van der Waals surface area (Å²) in [6, 6.07) is 15.2. The number of halogens is 2. The van der Waals surface area contributed by atoms with Gasteiger partial charge in [-0.2, -0.15) is 0 Å². The summed E-state index contributed by atoms with van der Waals surface area (Å²) in [5.74, 6) is -0.183. The van der Waals surface area contributed by atoms with E-state index in [0.717, 1.165) is 29.8 Å². The number of amides is 2. The van der Waals surface area contributed by atoms with E-state index in [2.05, 4.69) is 20.7 Å². The molecule has 8 nitrogen and oxygen atoms in total. The van der Waals surface area contributed by atoms with Crippen molar-refractivity contribution in [1.29, 1.82) is 0 Å². The molecule has 1 aliphatic rings. The van der Waals surface area contributed by atoms with Gasteiger partial charge in [0.05, 0.1) is 13.7 Å². The van der Waals surface area contributed by atoms with Gasteiger partial charge in [0.15, 0.2) is 0 Å². The molecule has 0 bridgehead atoms. The van der Waals surface area contributed by atoms with Gasteiger partial charge in [-0.3, -0.25) is 9.59 Å². The molecule has 0 unspecified atom stereocenters. The summed E-state index contributed by atoms with van der Waals surface area (Å²) in [4.78, 5) is 34.4. The predicted molar refractivity (Wildman–Crippen MR) is 161 cm³/mol. The number of carbonyl (C=O) groups excluding carboxylic acids is 3. The summed E-state index contributed by atoms with van der Waals surface area (Å²) in [6.45, 7) is 5.88. The van der Waals surface area contributed by atoms with Gasteiger partial charge in [0.25, 0.3) is 0 Å². The van der Waals surface area contributed by atoms with Crippen molar-refractivity contribution in [1.82, 2.24) is 16.0 Å². The zero-order valence-electron chi connectivity index (χ0n) is 23.0. The molecule has 3 rings (SSSR count). The van der Waals surface area contributed by atoms with Gasteiger partial charge in [-0.05, 0) is 81.8 Å². The van der Waals surface area contributed by atoms with E-state index in [1.807, 2.05) is 36.4 Å². The molecule has 0 radical (unpaired) electrons. The monoisotopic (exact) mass is 595 g/mol. The fourth-order valence-corrected chi connectivity index (χ4v) is 4.17. The minimum atomic E-state index is -0.575. The first-order valence-electron chi connectivity index (χ1n) is 13.0. The number of methoxy groups -OCH3 is 1. The molecular formula is C30H43Cl2N3O5. The number of alkyl carbamates (subject to hydrolysis) is 1. The average molecular weight is 597 g/mol. The second-order valence-corrected chi connectivity index (χ2v) is 11.2. The van der Waals surface area contributed by atoms with Crippen LogP contribution in [0.1, 0.15) is 58.6 Å². The molecule has 222 valence electrons. The van der Waals surface area contributed by atoms with Crippen LogP contribution in [0.4, 0.5) is 4.79 Å². The molecule has 0 aromatic heterocycles. The smallest absolute Gasteiger partial charge is 0.407 e. The number of piperidine rings is 1. The van der Waals surface area contributed by atoms with Crippen LogP contribution < -0.4 is 16.0 Å². The molecule has 0 aliphatic carbocycles. The highest BCUT2D eigenvalue weighted by Gasteiger charge is 2.20. The van der Waals surface area contributed by atoms with Gasteiger partial charge in [-0.25, -0.2) is 4.79 Å². The predicted octanol–water partition coefficient (Wildman–Crippen LogP) is 5.73. The normalized spacial score (nSPS) is 15.3. The van der Waals surface area contributed by atoms with Crippen molar-refractivity contribution in [3.63, 3.8) is 0 Å². The Morgan fingerprint density at radius 2 is 1.60 bits per heavy atom. The minimum Gasteiger partial charge on any atom is -0.468 e. The van der Waals surface area contributed by atoms with E-state index in [1.165, 1.54) is 12.7 Å². The maximum atomic E-state index is 12.0. The molecule has 1 aliphatic heterocycles. The average Bonchev–Trinajstić information content (AvgIpc) is 2.86. The third kappa shape index (κ3) is 15.1. The Bertz CT molecular complexity index is 1060. The van der Waals surface area contributed by atoms with Gasteiger partial charge in [-0.1, -0.05) is 54.9 Å². The maximum Gasteiger partial charge on any atom is 0.407 e. The summed E-state index contributed by atoms with van der Waals surface area (Å²) in [5, 5.41) is 10.2. The standard InChI is InChI=1S/C17H25ClN2O4.C12H14ClNO.CH4/c1-17(2,3)24-16(22)20-14(10-19-11-15(21)23-4)9-12-5-7-13(18)8-6-12;13-10-6-4-9(5-7-10)8-11-2-1-3-12(15)14-11;/h5-8,14,19H,9-11H2,1-4H3,(H,20,22);4-7,11H,1-3,8H2,(H,14,15);1H4/t14-;11-;/m01./s1. The highest BCUT2D eigenvalue weighted by atomic mass is 35.5. The van der Waals surface area contributed by atoms with Crippen molar-refractivity contribution in [2.45, 2.75) is 78.0 Å². The first-order chi connectivity index (χ1) is 18.4. The Morgan fingerprint density at radius 1 is 1.02 bits per heavy atom. The Kier molecular flexibility index (Phi) is 15.7. The molecule has 40 heavy (non-hydrogen) atoms. The Morgan fingerprint density at radius 3 is 2.12 bits per heavy atom. The number of esters is 1. The summed E-state index contributed by atoms with van der Waals surface area (Å²) in [6.07, 6.45) is 3.74. The van der Waals surface area contributed by atoms with Crippen LogP contribution in [-0.4, -0.2) is 55.9 Å². The van der Waals surface area contributed by atoms with Gasteiger partial charge in [0, 0.05) is 35.1 Å². The summed E-state index contributed by atoms with van der Waals surface area (Å²) >= 11 is 11.7. The van der Waals surface area contributed by atoms with E-state index in [4.69, 9.17) is 27.9 Å². The summed E-state index contributed by atoms with van der Waals surface area (Å²) in [7, 11) is 1.33. The fraction of sp³-hybridized carbons (Fsp3) is 0.500. The number of rotatable bonds is 9. The Balaban J connectivity index is 0.000000428. The Hall–Kier alpha value is -2.81. The van der Waals surface area contributed by atoms with Crippen LogP contribution in [0.2, 0.25) is 10.0 Å². The number of hydrogen-bond donors (Lipinski definition) is 3. The number of carbonyl (C=O) groups is 3. The summed E-state index contributed by atoms with van der Waals surface area (Å²) < 4.78 is 9.87. The van der Waals surface area contributed by atoms with Gasteiger partial charge < -0.3 is 25.4 Å². The fourth-order valence-electron chi connectivity index (χ4n) is 3.91. The van der Waals surface area contributed by atoms with Crippen LogP contribution in [0.15, 0.2) is 48.5 Å². The summed E-state index contributed by atoms with van der Waals surface area (Å²) in [5.41, 5.74) is 1.67. The number of ether oxygens (including phenoxy) is 2. The van der Waals surface area contributed by atoms with Crippen LogP contribution in [-0.2, 0) is 31.9 Å². The van der Waals surface area contributed by atoms with E-state index >= 15 is 0 Å². The van der Waals surface area contributed by atoms with Gasteiger partial charge >= 0.3 is 12.1 Å². The van der Waals surface area contributed by atoms with Crippen molar-refractivity contribution in [3.8, 4) is 0 Å². The van der Waals surface area contributed by atoms with Crippen LogP contribution in [0.3, 0.4) is 0 Å². The van der Waals surface area contributed by atoms with E-state index < -0.39 is 11.7 Å². The zero-order chi connectivity index (χ0) is 28.8. The zero-order valence-corrected chi connectivity index (χ0v) is 24.5. The number of nitrogens with one attached hydrogen (secondary N) is 3. The molecule has 0 saturated carbocycles. The van der Waals surface area contributed by atoms with Crippen LogP contribution >= 0.6 is 23.2 Å². The molecule has 3 N–H and O–H groups in total. The number of benzene rings is 2. The topological polar surface area (TPSA) is 106 Å². The molecule has 2 amide bonds. The lowest BCUT2D eigenvalue weighted by molar-refractivity contribution is -0.139. The third-order valence-corrected chi connectivity index (χ3v) is 6.22. The van der Waals surface area contributed by atoms with Gasteiger partial charge in [-0.15, -0.1) is 0 Å². The molecular weight excluding hydrogens is 553 g/mol. The second-order valence-electron chi connectivity index (χ2n) is 10.4. The first kappa shape index (κ1) is 35.2. The van der Waals surface area contributed by atoms with E-state index in [1.54, 1.807) is 32.9 Å². The van der Waals surface area contributed by atoms with Crippen LogP contribution in [0.5, 0.6) is 0 Å². The molecule has 1 saturated heterocycles. The van der Waals surface area contributed by atoms with Gasteiger partial charge in [0.1, 0.15) is 5.60 Å². The Labute approximate surface area is 248 Å². The molecule has 1 heterocycles. The minimum absolute atomic E-state index is 0. The lowest BCUT2D eigenvalue weighted by Crippen LogP contribution is -2.46. The quantitative estimate of drug-likeness (QED) is 0.320. The molecule has 1 fully saturated rings. The molecule has 0 spiro atoms. The molecule has 2 aromatic carbocycles. The highest BCUT2D eigenvalue weighted by molar-refractivity contribution is 6.30. The van der Waals surface area contributed by atoms with Crippen molar-refractivity contribution in [2.75, 3.05) is 20.2 Å². The van der Waals surface area contributed by atoms with Crippen molar-refractivity contribution >= 4 is 41.2 Å². The van der Waals surface area contributed by atoms with E-state index in [9.17, 15) is 14.4 Å². The van der Waals surface area contributed by atoms with E-state index in [0.29, 0.717) is 30.5 Å². The third-order valence-electron chi connectivity index (χ3n) is 5.72. The molecule has 2 atom stereocenters. The van der Waals surface area contributed by atoms with Crippen LogP contribution in [0, 0.1) is 0 Å². The number of hydrogen-bond acceptors (Lipinski definition) is 6. The van der Waals surface area contributed by atoms with Crippen molar-refractivity contribution in [3.05, 3.63) is 69.7 Å².